The van der Waals surface area contributed by atoms with E-state index in [1.54, 1.807) is 0 Å². The second-order valence-electron chi connectivity index (χ2n) is 5.68. The molecule has 1 unspecified atom stereocenters. The lowest BCUT2D eigenvalue weighted by Crippen LogP contribution is -2.36. The highest BCUT2D eigenvalue weighted by Gasteiger charge is 2.38. The Morgan fingerprint density at radius 2 is 2.12 bits per heavy atom. The highest BCUT2D eigenvalue weighted by atomic mass is 16.4. The molecule has 0 fully saturated rings. The maximum absolute atomic E-state index is 11.3. The second-order valence-corrected chi connectivity index (χ2v) is 5.68. The number of carboxylic acids is 1. The molecule has 0 amide bonds. The van der Waals surface area contributed by atoms with Gasteiger partial charge in [-0.2, -0.15) is 0 Å². The van der Waals surface area contributed by atoms with Gasteiger partial charge in [0, 0.05) is 0 Å². The maximum atomic E-state index is 11.3. The molecular weight excluding hydrogens is 212 g/mol. The predicted molar refractivity (Wildman–Crippen MR) is 68.1 cm³/mol. The number of rotatable bonds is 2. The quantitative estimate of drug-likeness (QED) is 0.850. The van der Waals surface area contributed by atoms with Crippen LogP contribution in [0.25, 0.3) is 0 Å². The highest BCUT2D eigenvalue weighted by Crippen LogP contribution is 2.38. The zero-order valence-corrected chi connectivity index (χ0v) is 10.8. The first kappa shape index (κ1) is 12.2. The minimum atomic E-state index is -0.682. The molecule has 0 bridgehead atoms. The molecule has 1 aromatic carbocycles. The van der Waals surface area contributed by atoms with E-state index in [9.17, 15) is 9.90 Å². The van der Waals surface area contributed by atoms with Crippen molar-refractivity contribution in [2.75, 3.05) is 0 Å². The van der Waals surface area contributed by atoms with Crippen LogP contribution in [0.1, 0.15) is 37.0 Å². The third kappa shape index (κ3) is 2.08. The summed E-state index contributed by atoms with van der Waals surface area (Å²) in [6.45, 7) is 5.84. The van der Waals surface area contributed by atoms with Crippen molar-refractivity contribution in [3.8, 4) is 0 Å². The van der Waals surface area contributed by atoms with E-state index in [1.807, 2.05) is 13.8 Å². The van der Waals surface area contributed by atoms with Crippen molar-refractivity contribution >= 4 is 5.97 Å². The van der Waals surface area contributed by atoms with Gasteiger partial charge in [-0.15, -0.1) is 0 Å². The van der Waals surface area contributed by atoms with Gasteiger partial charge in [-0.25, -0.2) is 0 Å². The van der Waals surface area contributed by atoms with Crippen molar-refractivity contribution in [1.82, 2.24) is 0 Å². The van der Waals surface area contributed by atoms with Crippen molar-refractivity contribution in [3.63, 3.8) is 0 Å². The zero-order valence-electron chi connectivity index (χ0n) is 10.8. The summed E-state index contributed by atoms with van der Waals surface area (Å²) in [5.41, 5.74) is 3.50. The van der Waals surface area contributed by atoms with Gasteiger partial charge in [0.2, 0.25) is 0 Å². The summed E-state index contributed by atoms with van der Waals surface area (Å²) in [5, 5.41) is 9.30. The number of aryl methyl sites for hydroxylation is 1. The van der Waals surface area contributed by atoms with Gasteiger partial charge in [-0.05, 0) is 62.6 Å². The minimum Gasteiger partial charge on any atom is -0.481 e. The fourth-order valence-corrected chi connectivity index (χ4v) is 2.79. The van der Waals surface area contributed by atoms with Crippen LogP contribution >= 0.6 is 0 Å². The Morgan fingerprint density at radius 3 is 2.76 bits per heavy atom. The molecule has 0 aromatic heterocycles. The van der Waals surface area contributed by atoms with Crippen molar-refractivity contribution in [1.29, 1.82) is 0 Å². The Kier molecular flexibility index (Phi) is 2.98. The molecule has 2 heteroatoms. The molecule has 0 radical (unpaired) electrons. The number of hydrogen-bond donors (Lipinski definition) is 1. The molecule has 0 heterocycles. The van der Waals surface area contributed by atoms with Crippen LogP contribution in [0.4, 0.5) is 0 Å². The van der Waals surface area contributed by atoms with E-state index in [0.29, 0.717) is 0 Å². The van der Waals surface area contributed by atoms with Gasteiger partial charge in [0.1, 0.15) is 0 Å². The molecule has 0 spiro atoms. The van der Waals surface area contributed by atoms with E-state index in [2.05, 4.69) is 25.1 Å². The number of benzene rings is 1. The molecular formula is C15H20O2. The Hall–Kier alpha value is -1.31. The Balaban J connectivity index is 2.28. The Labute approximate surface area is 103 Å². The molecule has 1 aromatic rings. The van der Waals surface area contributed by atoms with Crippen LogP contribution in [0.15, 0.2) is 18.2 Å². The maximum Gasteiger partial charge on any atom is 0.309 e. The molecule has 1 aliphatic rings. The summed E-state index contributed by atoms with van der Waals surface area (Å²) in [6, 6.07) is 6.36. The van der Waals surface area contributed by atoms with Crippen LogP contribution in [0, 0.1) is 18.3 Å². The number of aliphatic carboxylic acids is 1. The summed E-state index contributed by atoms with van der Waals surface area (Å²) in [7, 11) is 0. The summed E-state index contributed by atoms with van der Waals surface area (Å²) in [6.07, 6.45) is 2.90. The van der Waals surface area contributed by atoms with Gasteiger partial charge in [0.25, 0.3) is 0 Å². The number of fused-ring (bicyclic) bond motifs is 1. The van der Waals surface area contributed by atoms with E-state index >= 15 is 0 Å². The van der Waals surface area contributed by atoms with E-state index in [-0.39, 0.29) is 5.92 Å². The van der Waals surface area contributed by atoms with Crippen molar-refractivity contribution in [2.24, 2.45) is 11.3 Å². The van der Waals surface area contributed by atoms with Crippen LogP contribution in [-0.4, -0.2) is 11.1 Å². The van der Waals surface area contributed by atoms with E-state index in [1.165, 1.54) is 16.7 Å². The first-order valence-corrected chi connectivity index (χ1v) is 6.23. The smallest absolute Gasteiger partial charge is 0.309 e. The topological polar surface area (TPSA) is 37.3 Å². The lowest BCUT2D eigenvalue weighted by atomic mass is 9.69. The second kappa shape index (κ2) is 4.17. The van der Waals surface area contributed by atoms with Crippen molar-refractivity contribution in [3.05, 3.63) is 34.9 Å². The Bertz CT molecular complexity index is 446. The molecule has 1 aliphatic carbocycles. The largest absolute Gasteiger partial charge is 0.481 e. The summed E-state index contributed by atoms with van der Waals surface area (Å²) in [5.74, 6) is -0.437. The monoisotopic (exact) mass is 232 g/mol. The molecule has 2 nitrogen and oxygen atoms in total. The highest BCUT2D eigenvalue weighted by molar-refractivity contribution is 5.74. The van der Waals surface area contributed by atoms with Gasteiger partial charge >= 0.3 is 5.97 Å². The van der Waals surface area contributed by atoms with Gasteiger partial charge in [0.05, 0.1) is 5.41 Å². The molecule has 1 atom stereocenters. The SMILES string of the molecule is Cc1cccc2c1CCC(C(C)(C)C(=O)O)C2. The minimum absolute atomic E-state index is 0.245. The zero-order chi connectivity index (χ0) is 12.6. The average Bonchev–Trinajstić information content (AvgIpc) is 2.28. The fourth-order valence-electron chi connectivity index (χ4n) is 2.79. The molecule has 17 heavy (non-hydrogen) atoms. The number of carboxylic acid groups (broad SMARTS) is 1. The lowest BCUT2D eigenvalue weighted by Gasteiger charge is -2.35. The standard InChI is InChI=1S/C15H20O2/c1-10-5-4-6-11-9-12(7-8-13(10)11)15(2,3)14(16)17/h4-6,12H,7-9H2,1-3H3,(H,16,17). The summed E-state index contributed by atoms with van der Waals surface area (Å²) in [4.78, 5) is 11.3. The molecule has 0 saturated heterocycles. The molecule has 0 aliphatic heterocycles. The molecule has 2 rings (SSSR count). The predicted octanol–water partition coefficient (Wildman–Crippen LogP) is 3.21. The van der Waals surface area contributed by atoms with Gasteiger partial charge in [-0.3, -0.25) is 4.79 Å². The van der Waals surface area contributed by atoms with Crippen LogP contribution in [-0.2, 0) is 17.6 Å². The fraction of sp³-hybridized carbons (Fsp3) is 0.533. The van der Waals surface area contributed by atoms with Gasteiger partial charge < -0.3 is 5.11 Å². The van der Waals surface area contributed by atoms with Crippen molar-refractivity contribution < 1.29 is 9.90 Å². The van der Waals surface area contributed by atoms with Crippen molar-refractivity contribution in [2.45, 2.75) is 40.0 Å². The normalized spacial score (nSPS) is 19.8. The van der Waals surface area contributed by atoms with E-state index < -0.39 is 11.4 Å². The first-order chi connectivity index (χ1) is 7.93. The van der Waals surface area contributed by atoms with Crippen LogP contribution < -0.4 is 0 Å². The number of hydrogen-bond acceptors (Lipinski definition) is 1. The number of carbonyl (C=O) groups is 1. The lowest BCUT2D eigenvalue weighted by molar-refractivity contribution is -0.150. The summed E-state index contributed by atoms with van der Waals surface area (Å²) >= 11 is 0. The average molecular weight is 232 g/mol. The van der Waals surface area contributed by atoms with Gasteiger partial charge in [0.15, 0.2) is 0 Å². The molecule has 1 N–H and O–H groups in total. The van der Waals surface area contributed by atoms with Crippen LogP contribution in [0.2, 0.25) is 0 Å². The molecule has 0 saturated carbocycles. The Morgan fingerprint density at radius 1 is 1.41 bits per heavy atom. The van der Waals surface area contributed by atoms with Crippen LogP contribution in [0.5, 0.6) is 0 Å². The van der Waals surface area contributed by atoms with E-state index in [4.69, 9.17) is 0 Å². The van der Waals surface area contributed by atoms with Gasteiger partial charge in [-0.1, -0.05) is 18.2 Å². The van der Waals surface area contributed by atoms with E-state index in [0.717, 1.165) is 19.3 Å². The van der Waals surface area contributed by atoms with Crippen LogP contribution in [0.3, 0.4) is 0 Å². The summed E-state index contributed by atoms with van der Waals surface area (Å²) < 4.78 is 0. The molecule has 92 valence electrons. The third-order valence-electron chi connectivity index (χ3n) is 4.29. The third-order valence-corrected chi connectivity index (χ3v) is 4.29. The first-order valence-electron chi connectivity index (χ1n) is 6.23.